The van der Waals surface area contributed by atoms with E-state index in [0.717, 1.165) is 57.0 Å². The van der Waals surface area contributed by atoms with Crippen molar-refractivity contribution in [2.24, 2.45) is 5.41 Å². The fraction of sp³-hybridized carbons (Fsp3) is 0.733. The maximum atomic E-state index is 12.1. The molecule has 0 radical (unpaired) electrons. The topological polar surface area (TPSA) is 42.4 Å². The molecule has 0 saturated carbocycles. The number of ether oxygens (including phenoxy) is 1. The van der Waals surface area contributed by atoms with Crippen LogP contribution in [0.15, 0.2) is 5.38 Å². The second-order valence-electron chi connectivity index (χ2n) is 6.03. The van der Waals surface area contributed by atoms with Gasteiger partial charge in [-0.2, -0.15) is 11.8 Å². The summed E-state index contributed by atoms with van der Waals surface area (Å²) in [5, 5.41) is 3.32. The highest BCUT2D eigenvalue weighted by Gasteiger charge is 2.41. The predicted molar refractivity (Wildman–Crippen MR) is 86.7 cm³/mol. The van der Waals surface area contributed by atoms with Crippen molar-refractivity contribution in [3.05, 3.63) is 16.1 Å². The van der Waals surface area contributed by atoms with Gasteiger partial charge in [-0.1, -0.05) is 0 Å². The number of carbonyl (C=O) groups is 1. The van der Waals surface area contributed by atoms with Crippen LogP contribution < -0.4 is 0 Å². The van der Waals surface area contributed by atoms with E-state index < -0.39 is 0 Å². The van der Waals surface area contributed by atoms with Gasteiger partial charge in [0.15, 0.2) is 0 Å². The van der Waals surface area contributed by atoms with Crippen LogP contribution in [0, 0.1) is 5.41 Å². The number of piperidine rings is 1. The third-order valence-corrected chi connectivity index (χ3v) is 6.08. The van der Waals surface area contributed by atoms with E-state index in [2.05, 4.69) is 16.6 Å². The Morgan fingerprint density at radius 3 is 3.19 bits per heavy atom. The maximum Gasteiger partial charge on any atom is 0.222 e. The molecule has 1 aromatic rings. The molecule has 2 saturated heterocycles. The van der Waals surface area contributed by atoms with Gasteiger partial charge in [-0.05, 0) is 19.1 Å². The van der Waals surface area contributed by atoms with Crippen molar-refractivity contribution in [2.45, 2.75) is 31.4 Å². The first-order valence-electron chi connectivity index (χ1n) is 7.49. The van der Waals surface area contributed by atoms with Crippen molar-refractivity contribution in [3.63, 3.8) is 0 Å². The smallest absolute Gasteiger partial charge is 0.222 e. The summed E-state index contributed by atoms with van der Waals surface area (Å²) in [7, 11) is 0. The summed E-state index contributed by atoms with van der Waals surface area (Å²) in [6.45, 7) is 3.34. The van der Waals surface area contributed by atoms with Gasteiger partial charge in [0.2, 0.25) is 5.91 Å². The van der Waals surface area contributed by atoms with Crippen LogP contribution in [0.1, 0.15) is 30.0 Å². The summed E-state index contributed by atoms with van der Waals surface area (Å²) >= 11 is 3.52. The normalized spacial score (nSPS) is 26.0. The molecule has 3 rings (SSSR count). The van der Waals surface area contributed by atoms with E-state index >= 15 is 0 Å². The molecular weight excluding hydrogens is 304 g/mol. The van der Waals surface area contributed by atoms with Crippen LogP contribution in [0.5, 0.6) is 0 Å². The van der Waals surface area contributed by atoms with E-state index in [9.17, 15) is 4.79 Å². The molecule has 6 heteroatoms. The monoisotopic (exact) mass is 326 g/mol. The Bertz CT molecular complexity index is 498. The van der Waals surface area contributed by atoms with E-state index in [0.29, 0.717) is 12.3 Å². The Morgan fingerprint density at radius 2 is 2.43 bits per heavy atom. The lowest BCUT2D eigenvalue weighted by Gasteiger charge is -2.39. The van der Waals surface area contributed by atoms with E-state index in [1.807, 2.05) is 4.90 Å². The van der Waals surface area contributed by atoms with Crippen molar-refractivity contribution in [1.29, 1.82) is 0 Å². The fourth-order valence-electron chi connectivity index (χ4n) is 3.18. The molecule has 2 fully saturated rings. The average molecular weight is 326 g/mol. The minimum absolute atomic E-state index is 0.236. The molecule has 21 heavy (non-hydrogen) atoms. The van der Waals surface area contributed by atoms with E-state index in [1.54, 1.807) is 23.1 Å². The number of nitrogens with zero attached hydrogens (tertiary/aromatic N) is 2. The number of thiazole rings is 1. The third-order valence-electron chi connectivity index (χ3n) is 4.44. The molecule has 0 aliphatic carbocycles. The lowest BCUT2D eigenvalue weighted by Crippen LogP contribution is -2.47. The molecule has 1 aromatic heterocycles. The summed E-state index contributed by atoms with van der Waals surface area (Å²) in [4.78, 5) is 18.8. The van der Waals surface area contributed by atoms with Crippen molar-refractivity contribution < 1.29 is 9.53 Å². The van der Waals surface area contributed by atoms with E-state index in [1.165, 1.54) is 5.01 Å². The van der Waals surface area contributed by atoms with Crippen LogP contribution >= 0.6 is 23.1 Å². The van der Waals surface area contributed by atoms with Crippen molar-refractivity contribution >= 4 is 29.0 Å². The van der Waals surface area contributed by atoms with Crippen LogP contribution in [-0.4, -0.2) is 48.4 Å². The molecule has 0 aromatic carbocycles. The number of likely N-dealkylation sites (tertiary alicyclic amines) is 1. The lowest BCUT2D eigenvalue weighted by molar-refractivity contribution is -0.137. The molecule has 1 atom stereocenters. The number of rotatable bonds is 5. The zero-order valence-electron chi connectivity index (χ0n) is 12.5. The molecule has 2 aliphatic heterocycles. The maximum absolute atomic E-state index is 12.1. The first kappa shape index (κ1) is 15.3. The van der Waals surface area contributed by atoms with Crippen molar-refractivity contribution in [1.82, 2.24) is 9.88 Å². The summed E-state index contributed by atoms with van der Waals surface area (Å²) in [6, 6.07) is 0. The Labute approximate surface area is 134 Å². The standard InChI is InChI=1S/C15H22N2O2S2/c1-20-9-13-16-12(8-21-13)3-6-17-10-15(4-2-14(17)18)5-7-19-11-15/h8H,2-7,9-11H2,1H3/t15-/m1/s1. The molecule has 0 N–H and O–H groups in total. The van der Waals surface area contributed by atoms with Gasteiger partial charge in [0.25, 0.3) is 0 Å². The zero-order chi connectivity index (χ0) is 14.7. The molecule has 1 amide bonds. The van der Waals surface area contributed by atoms with Crippen LogP contribution in [0.2, 0.25) is 0 Å². The predicted octanol–water partition coefficient (Wildman–Crippen LogP) is 2.58. The highest BCUT2D eigenvalue weighted by molar-refractivity contribution is 7.97. The molecule has 0 unspecified atom stereocenters. The number of carbonyl (C=O) groups excluding carboxylic acids is 1. The van der Waals surface area contributed by atoms with Gasteiger partial charge < -0.3 is 9.64 Å². The van der Waals surface area contributed by atoms with Crippen molar-refractivity contribution in [2.75, 3.05) is 32.6 Å². The van der Waals surface area contributed by atoms with Crippen LogP contribution in [0.3, 0.4) is 0 Å². The number of aromatic nitrogens is 1. The number of hydrogen-bond donors (Lipinski definition) is 0. The minimum atomic E-state index is 0.236. The SMILES string of the molecule is CSCc1nc(CCN2C[C@]3(CCOC3)CCC2=O)cs1. The molecule has 116 valence electrons. The van der Waals surface area contributed by atoms with Crippen LogP contribution in [0.25, 0.3) is 0 Å². The van der Waals surface area contributed by atoms with Gasteiger partial charge in [-0.25, -0.2) is 4.98 Å². The largest absolute Gasteiger partial charge is 0.381 e. The van der Waals surface area contributed by atoms with Crippen LogP contribution in [0.4, 0.5) is 0 Å². The Balaban J connectivity index is 1.56. The molecule has 4 nitrogen and oxygen atoms in total. The lowest BCUT2D eigenvalue weighted by atomic mass is 9.79. The Morgan fingerprint density at radius 1 is 1.52 bits per heavy atom. The second-order valence-corrected chi connectivity index (χ2v) is 7.84. The van der Waals surface area contributed by atoms with Gasteiger partial charge in [0.1, 0.15) is 5.01 Å². The summed E-state index contributed by atoms with van der Waals surface area (Å²) in [6.07, 6.45) is 5.74. The molecule has 1 spiro atoms. The van der Waals surface area contributed by atoms with Crippen LogP contribution in [-0.2, 0) is 21.7 Å². The molecule has 0 bridgehead atoms. The zero-order valence-corrected chi connectivity index (χ0v) is 14.1. The van der Waals surface area contributed by atoms with Gasteiger partial charge in [0.05, 0.1) is 12.3 Å². The van der Waals surface area contributed by atoms with Gasteiger partial charge >= 0.3 is 0 Å². The van der Waals surface area contributed by atoms with Crippen molar-refractivity contribution in [3.8, 4) is 0 Å². The number of amides is 1. The quantitative estimate of drug-likeness (QED) is 0.834. The highest BCUT2D eigenvalue weighted by atomic mass is 32.2. The first-order valence-corrected chi connectivity index (χ1v) is 9.76. The molecular formula is C15H22N2O2S2. The highest BCUT2D eigenvalue weighted by Crippen LogP contribution is 2.38. The van der Waals surface area contributed by atoms with E-state index in [-0.39, 0.29) is 5.41 Å². The summed E-state index contributed by atoms with van der Waals surface area (Å²) in [5.41, 5.74) is 1.36. The Hall–Kier alpha value is -0.590. The average Bonchev–Trinajstić information content (AvgIpc) is 3.11. The summed E-state index contributed by atoms with van der Waals surface area (Å²) < 4.78 is 5.56. The van der Waals surface area contributed by atoms with E-state index in [4.69, 9.17) is 4.74 Å². The number of thioether (sulfide) groups is 1. The Kier molecular flexibility index (Phi) is 4.86. The molecule has 3 heterocycles. The third kappa shape index (κ3) is 3.60. The number of hydrogen-bond acceptors (Lipinski definition) is 5. The first-order chi connectivity index (χ1) is 10.2. The fourth-order valence-corrected chi connectivity index (χ4v) is 4.73. The van der Waals surface area contributed by atoms with Gasteiger partial charge in [-0.3, -0.25) is 4.79 Å². The molecule has 2 aliphatic rings. The second kappa shape index (κ2) is 6.67. The minimum Gasteiger partial charge on any atom is -0.381 e. The van der Waals surface area contributed by atoms with Gasteiger partial charge in [0, 0.05) is 49.1 Å². The van der Waals surface area contributed by atoms with Gasteiger partial charge in [-0.15, -0.1) is 11.3 Å². The summed E-state index contributed by atoms with van der Waals surface area (Å²) in [5.74, 6) is 1.28.